The number of halogens is 4. The molecule has 44 heavy (non-hydrogen) atoms. The van der Waals surface area contributed by atoms with Crippen molar-refractivity contribution >= 4 is 39.1 Å². The van der Waals surface area contributed by atoms with Gasteiger partial charge >= 0.3 is 6.18 Å². The van der Waals surface area contributed by atoms with Crippen LogP contribution in [0.15, 0.2) is 77.7 Å². The number of hydrogen-bond acceptors (Lipinski definition) is 4. The van der Waals surface area contributed by atoms with Gasteiger partial charge in [-0.05, 0) is 68.7 Å². The summed E-state index contributed by atoms with van der Waals surface area (Å²) in [4.78, 5) is 28.5. The Morgan fingerprint density at radius 2 is 1.64 bits per heavy atom. The van der Waals surface area contributed by atoms with Crippen molar-refractivity contribution in [3.63, 3.8) is 0 Å². The molecule has 0 saturated heterocycles. The highest BCUT2D eigenvalue weighted by Gasteiger charge is 2.35. The van der Waals surface area contributed by atoms with Crippen molar-refractivity contribution in [2.24, 2.45) is 0 Å². The number of rotatable bonds is 10. The van der Waals surface area contributed by atoms with E-state index in [-0.39, 0.29) is 23.2 Å². The number of carbonyl (C=O) groups is 2. The molecule has 0 spiro atoms. The number of nitrogens with zero attached hydrogens (tertiary/aromatic N) is 2. The van der Waals surface area contributed by atoms with Crippen LogP contribution in [-0.2, 0) is 32.3 Å². The number of alkyl halides is 3. The van der Waals surface area contributed by atoms with E-state index in [0.717, 1.165) is 49.8 Å². The Morgan fingerprint density at radius 1 is 0.977 bits per heavy atom. The molecule has 4 rings (SSSR count). The summed E-state index contributed by atoms with van der Waals surface area (Å²) in [7, 11) is -4.52. The third-order valence-electron chi connectivity index (χ3n) is 7.77. The zero-order chi connectivity index (χ0) is 32.1. The van der Waals surface area contributed by atoms with Crippen molar-refractivity contribution in [1.82, 2.24) is 10.2 Å². The van der Waals surface area contributed by atoms with Gasteiger partial charge in [-0.1, -0.05) is 72.8 Å². The van der Waals surface area contributed by atoms with Crippen molar-refractivity contribution in [2.45, 2.75) is 75.7 Å². The number of carbonyl (C=O) groups excluding carboxylic acids is 2. The Hall–Kier alpha value is -3.57. The highest BCUT2D eigenvalue weighted by Crippen LogP contribution is 2.33. The van der Waals surface area contributed by atoms with Gasteiger partial charge in [0, 0.05) is 17.6 Å². The largest absolute Gasteiger partial charge is 0.416 e. The molecule has 3 aromatic carbocycles. The van der Waals surface area contributed by atoms with E-state index in [9.17, 15) is 31.2 Å². The molecule has 1 atom stereocenters. The van der Waals surface area contributed by atoms with Crippen LogP contribution in [0.5, 0.6) is 0 Å². The van der Waals surface area contributed by atoms with Crippen LogP contribution in [0.25, 0.3) is 0 Å². The van der Waals surface area contributed by atoms with Crippen LogP contribution < -0.4 is 9.62 Å². The predicted molar refractivity (Wildman–Crippen MR) is 164 cm³/mol. The zero-order valence-electron chi connectivity index (χ0n) is 24.5. The number of anilines is 1. The third kappa shape index (κ3) is 8.12. The SMILES string of the molecule is Cc1ccc(S(=O)(=O)N(CC(=O)N(Cc2ccccc2Cl)[C@H](C)C(=O)NC2CCCCC2)c2cccc(C(F)(F)F)c2)cc1. The van der Waals surface area contributed by atoms with Gasteiger partial charge in [-0.25, -0.2) is 8.42 Å². The average molecular weight is 650 g/mol. The topological polar surface area (TPSA) is 86.8 Å². The smallest absolute Gasteiger partial charge is 0.352 e. The van der Waals surface area contributed by atoms with E-state index in [0.29, 0.717) is 21.0 Å². The number of amides is 2. The lowest BCUT2D eigenvalue weighted by molar-refractivity contribution is -0.139. The van der Waals surface area contributed by atoms with E-state index in [2.05, 4.69) is 5.32 Å². The van der Waals surface area contributed by atoms with Crippen LogP contribution in [0.4, 0.5) is 18.9 Å². The first-order chi connectivity index (χ1) is 20.8. The second kappa shape index (κ2) is 14.0. The first-order valence-corrected chi connectivity index (χ1v) is 16.2. The Morgan fingerprint density at radius 3 is 2.27 bits per heavy atom. The van der Waals surface area contributed by atoms with E-state index in [1.807, 2.05) is 0 Å². The summed E-state index contributed by atoms with van der Waals surface area (Å²) in [5.74, 6) is -1.20. The van der Waals surface area contributed by atoms with Crippen molar-refractivity contribution in [3.8, 4) is 0 Å². The van der Waals surface area contributed by atoms with Crippen LogP contribution in [0, 0.1) is 6.92 Å². The highest BCUT2D eigenvalue weighted by atomic mass is 35.5. The molecule has 1 N–H and O–H groups in total. The van der Waals surface area contributed by atoms with E-state index < -0.39 is 46.2 Å². The summed E-state index contributed by atoms with van der Waals surface area (Å²) >= 11 is 6.39. The molecule has 1 aliphatic carbocycles. The second-order valence-electron chi connectivity index (χ2n) is 11.0. The quantitative estimate of drug-likeness (QED) is 0.264. The van der Waals surface area contributed by atoms with Crippen LogP contribution in [0.3, 0.4) is 0 Å². The lowest BCUT2D eigenvalue weighted by Crippen LogP contribution is -2.53. The fourth-order valence-electron chi connectivity index (χ4n) is 5.17. The van der Waals surface area contributed by atoms with E-state index in [1.54, 1.807) is 43.3 Å². The molecule has 7 nitrogen and oxygen atoms in total. The highest BCUT2D eigenvalue weighted by molar-refractivity contribution is 7.92. The summed E-state index contributed by atoms with van der Waals surface area (Å²) in [5.41, 5.74) is -0.119. The zero-order valence-corrected chi connectivity index (χ0v) is 26.1. The molecule has 0 unspecified atom stereocenters. The second-order valence-corrected chi connectivity index (χ2v) is 13.3. The Bertz CT molecular complexity index is 1580. The van der Waals surface area contributed by atoms with Gasteiger partial charge in [0.1, 0.15) is 12.6 Å². The normalized spacial score (nSPS) is 15.0. The lowest BCUT2D eigenvalue weighted by Gasteiger charge is -2.33. The first kappa shape index (κ1) is 33.3. The Labute approximate surface area is 261 Å². The molecule has 1 aliphatic rings. The number of hydrogen-bond donors (Lipinski definition) is 1. The minimum Gasteiger partial charge on any atom is -0.352 e. The first-order valence-electron chi connectivity index (χ1n) is 14.4. The molecule has 0 radical (unpaired) electrons. The molecule has 2 amide bonds. The van der Waals surface area contributed by atoms with Gasteiger partial charge < -0.3 is 10.2 Å². The maximum atomic E-state index is 14.1. The molecule has 0 bridgehead atoms. The van der Waals surface area contributed by atoms with Gasteiger partial charge in [-0.15, -0.1) is 0 Å². The Kier molecular flexibility index (Phi) is 10.6. The number of aryl methyl sites for hydroxylation is 1. The lowest BCUT2D eigenvalue weighted by atomic mass is 9.95. The van der Waals surface area contributed by atoms with Crippen LogP contribution in [0.2, 0.25) is 5.02 Å². The van der Waals surface area contributed by atoms with E-state index >= 15 is 0 Å². The molecule has 236 valence electrons. The maximum absolute atomic E-state index is 14.1. The van der Waals surface area contributed by atoms with E-state index in [4.69, 9.17) is 11.6 Å². The molecule has 1 fully saturated rings. The van der Waals surface area contributed by atoms with Crippen LogP contribution >= 0.6 is 11.6 Å². The van der Waals surface area contributed by atoms with Gasteiger partial charge in [0.2, 0.25) is 11.8 Å². The number of benzene rings is 3. The summed E-state index contributed by atoms with van der Waals surface area (Å²) in [6.07, 6.45) is -0.0834. The number of nitrogens with one attached hydrogen (secondary N) is 1. The molecular weight excluding hydrogens is 615 g/mol. The van der Waals surface area contributed by atoms with Crippen molar-refractivity contribution in [2.75, 3.05) is 10.8 Å². The van der Waals surface area contributed by atoms with Crippen LogP contribution in [0.1, 0.15) is 55.7 Å². The molecule has 3 aromatic rings. The Balaban J connectivity index is 1.73. The summed E-state index contributed by atoms with van der Waals surface area (Å²) in [6, 6.07) is 15.2. The summed E-state index contributed by atoms with van der Waals surface area (Å²) in [6.45, 7) is 2.31. The third-order valence-corrected chi connectivity index (χ3v) is 9.92. The summed E-state index contributed by atoms with van der Waals surface area (Å²) < 4.78 is 69.4. The predicted octanol–water partition coefficient (Wildman–Crippen LogP) is 6.73. The molecule has 12 heteroatoms. The average Bonchev–Trinajstić information content (AvgIpc) is 2.99. The van der Waals surface area contributed by atoms with Crippen molar-refractivity contribution in [1.29, 1.82) is 0 Å². The standard InChI is InChI=1S/C32H35ClF3N3O4S/c1-22-15-17-28(18-16-22)44(42,43)39(27-13-8-10-25(19-27)32(34,35)36)21-30(40)38(20-24-9-6-7-14-29(24)33)23(2)31(41)37-26-11-4-3-5-12-26/h6-10,13-19,23,26H,3-5,11-12,20-21H2,1-2H3,(H,37,41)/t23-/m1/s1. The molecular formula is C32H35ClF3N3O4S. The van der Waals surface area contributed by atoms with Gasteiger partial charge in [-0.2, -0.15) is 13.2 Å². The molecule has 0 heterocycles. The van der Waals surface area contributed by atoms with Crippen molar-refractivity contribution in [3.05, 3.63) is 94.5 Å². The monoisotopic (exact) mass is 649 g/mol. The minimum atomic E-state index is -4.75. The van der Waals surface area contributed by atoms with Crippen molar-refractivity contribution < 1.29 is 31.2 Å². The van der Waals surface area contributed by atoms with Gasteiger partial charge in [0.25, 0.3) is 10.0 Å². The molecule has 0 aliphatic heterocycles. The minimum absolute atomic E-state index is 0.0421. The maximum Gasteiger partial charge on any atom is 0.416 e. The summed E-state index contributed by atoms with van der Waals surface area (Å²) in [5, 5.41) is 3.34. The van der Waals surface area contributed by atoms with E-state index in [1.165, 1.54) is 30.0 Å². The van der Waals surface area contributed by atoms with Gasteiger partial charge in [0.15, 0.2) is 0 Å². The van der Waals surface area contributed by atoms with Gasteiger partial charge in [-0.3, -0.25) is 13.9 Å². The fourth-order valence-corrected chi connectivity index (χ4v) is 6.77. The number of sulfonamides is 1. The fraction of sp³-hybridized carbons (Fsp3) is 0.375. The molecule has 0 aromatic heterocycles. The molecule has 1 saturated carbocycles. The van der Waals surface area contributed by atoms with Crippen LogP contribution in [-0.4, -0.2) is 43.8 Å². The van der Waals surface area contributed by atoms with Gasteiger partial charge in [0.05, 0.1) is 16.1 Å².